The number of hydrogen-bond acceptors (Lipinski definition) is 5. The Morgan fingerprint density at radius 1 is 1.12 bits per heavy atom. The highest BCUT2D eigenvalue weighted by Crippen LogP contribution is 2.25. The summed E-state index contributed by atoms with van der Waals surface area (Å²) in [6.45, 7) is 0.920. The summed E-state index contributed by atoms with van der Waals surface area (Å²) in [5.41, 5.74) is 2.94. The van der Waals surface area contributed by atoms with Crippen LogP contribution < -0.4 is 0 Å². The van der Waals surface area contributed by atoms with E-state index >= 15 is 0 Å². The van der Waals surface area contributed by atoms with E-state index in [9.17, 15) is 5.26 Å². The SMILES string of the molecule is N#Cc1nc(Cc2ccc(Cl)c(Cl)c2)c2ncn(CCCCCO)c2n1. The first-order valence-electron chi connectivity index (χ1n) is 8.29. The number of unbranched alkanes of at least 4 members (excludes halogenated alkanes) is 2. The monoisotopic (exact) mass is 389 g/mol. The van der Waals surface area contributed by atoms with E-state index < -0.39 is 0 Å². The van der Waals surface area contributed by atoms with Gasteiger partial charge >= 0.3 is 0 Å². The number of nitrogens with zero attached hydrogens (tertiary/aromatic N) is 5. The molecule has 0 saturated heterocycles. The number of nitriles is 1. The minimum Gasteiger partial charge on any atom is -0.396 e. The average molecular weight is 390 g/mol. The summed E-state index contributed by atoms with van der Waals surface area (Å²) in [4.78, 5) is 13.1. The molecule has 0 bridgehead atoms. The fourth-order valence-electron chi connectivity index (χ4n) is 2.75. The molecule has 1 N–H and O–H groups in total. The maximum Gasteiger partial charge on any atom is 0.234 e. The smallest absolute Gasteiger partial charge is 0.234 e. The van der Waals surface area contributed by atoms with Gasteiger partial charge in [-0.25, -0.2) is 9.97 Å². The molecule has 0 radical (unpaired) electrons. The van der Waals surface area contributed by atoms with Crippen molar-refractivity contribution in [2.24, 2.45) is 0 Å². The highest BCUT2D eigenvalue weighted by molar-refractivity contribution is 6.42. The quantitative estimate of drug-likeness (QED) is 0.621. The lowest BCUT2D eigenvalue weighted by Crippen LogP contribution is -2.03. The predicted molar refractivity (Wildman–Crippen MR) is 100 cm³/mol. The summed E-state index contributed by atoms with van der Waals surface area (Å²) in [5.74, 6) is 0.115. The number of aliphatic hydroxyl groups excluding tert-OH is 1. The molecule has 0 saturated carbocycles. The van der Waals surface area contributed by atoms with Gasteiger partial charge in [-0.3, -0.25) is 0 Å². The van der Waals surface area contributed by atoms with Gasteiger partial charge < -0.3 is 9.67 Å². The van der Waals surface area contributed by atoms with Gasteiger partial charge in [-0.05, 0) is 37.0 Å². The Morgan fingerprint density at radius 2 is 1.96 bits per heavy atom. The second-order valence-electron chi connectivity index (χ2n) is 5.93. The van der Waals surface area contributed by atoms with Gasteiger partial charge in [-0.15, -0.1) is 0 Å². The number of rotatable bonds is 7. The molecule has 0 spiro atoms. The zero-order valence-electron chi connectivity index (χ0n) is 14.0. The molecular formula is C18H17Cl2N5O. The molecule has 0 aliphatic heterocycles. The number of fused-ring (bicyclic) bond motifs is 1. The molecule has 0 aliphatic rings. The van der Waals surface area contributed by atoms with Crippen molar-refractivity contribution in [3.63, 3.8) is 0 Å². The van der Waals surface area contributed by atoms with Crippen molar-refractivity contribution in [2.45, 2.75) is 32.2 Å². The van der Waals surface area contributed by atoms with Gasteiger partial charge in [0.15, 0.2) is 5.65 Å². The summed E-state index contributed by atoms with van der Waals surface area (Å²) in [7, 11) is 0. The molecule has 8 heteroatoms. The molecule has 1 aromatic carbocycles. The lowest BCUT2D eigenvalue weighted by molar-refractivity contribution is 0.282. The van der Waals surface area contributed by atoms with Crippen molar-refractivity contribution in [2.75, 3.05) is 6.61 Å². The molecular weight excluding hydrogens is 373 g/mol. The Hall–Kier alpha value is -2.20. The van der Waals surface area contributed by atoms with Crippen LogP contribution in [-0.4, -0.2) is 31.2 Å². The van der Waals surface area contributed by atoms with Gasteiger partial charge in [0.25, 0.3) is 0 Å². The van der Waals surface area contributed by atoms with E-state index in [1.54, 1.807) is 18.5 Å². The fourth-order valence-corrected chi connectivity index (χ4v) is 3.07. The zero-order valence-corrected chi connectivity index (χ0v) is 15.5. The maximum atomic E-state index is 9.27. The third-order valence-corrected chi connectivity index (χ3v) is 4.79. The molecule has 26 heavy (non-hydrogen) atoms. The van der Waals surface area contributed by atoms with Gasteiger partial charge in [0.05, 0.1) is 22.1 Å². The van der Waals surface area contributed by atoms with Crippen molar-refractivity contribution in [1.29, 1.82) is 5.26 Å². The number of aliphatic hydroxyl groups is 1. The summed E-state index contributed by atoms with van der Waals surface area (Å²) >= 11 is 12.1. The zero-order chi connectivity index (χ0) is 18.5. The van der Waals surface area contributed by atoms with Crippen LogP contribution in [0.4, 0.5) is 0 Å². The van der Waals surface area contributed by atoms with Crippen molar-refractivity contribution in [3.8, 4) is 6.07 Å². The van der Waals surface area contributed by atoms with Crippen LogP contribution in [0.15, 0.2) is 24.5 Å². The Morgan fingerprint density at radius 3 is 2.69 bits per heavy atom. The Balaban J connectivity index is 1.93. The minimum absolute atomic E-state index is 0.115. The molecule has 134 valence electrons. The van der Waals surface area contributed by atoms with Crippen molar-refractivity contribution in [1.82, 2.24) is 19.5 Å². The van der Waals surface area contributed by atoms with Crippen LogP contribution in [0.2, 0.25) is 10.0 Å². The molecule has 3 rings (SSSR count). The molecule has 2 heterocycles. The Labute approximate surface area is 161 Å². The van der Waals surface area contributed by atoms with Crippen molar-refractivity contribution >= 4 is 34.4 Å². The van der Waals surface area contributed by atoms with Crippen molar-refractivity contribution < 1.29 is 5.11 Å². The summed E-state index contributed by atoms with van der Waals surface area (Å²) < 4.78 is 1.92. The number of hydrogen-bond donors (Lipinski definition) is 1. The number of aryl methyl sites for hydroxylation is 1. The number of imidazole rings is 1. The van der Waals surface area contributed by atoms with Gasteiger partial charge in [0, 0.05) is 19.6 Å². The summed E-state index contributed by atoms with van der Waals surface area (Å²) in [6, 6.07) is 7.42. The maximum absolute atomic E-state index is 9.27. The molecule has 0 unspecified atom stereocenters. The first-order valence-corrected chi connectivity index (χ1v) is 9.04. The van der Waals surface area contributed by atoms with Gasteiger partial charge in [-0.2, -0.15) is 10.2 Å². The Kier molecular flexibility index (Phi) is 6.04. The molecule has 0 fully saturated rings. The van der Waals surface area contributed by atoms with E-state index in [0.717, 1.165) is 31.4 Å². The largest absolute Gasteiger partial charge is 0.396 e. The van der Waals surface area contributed by atoms with Crippen LogP contribution in [0.3, 0.4) is 0 Å². The third kappa shape index (κ3) is 4.13. The Bertz CT molecular complexity index is 964. The van der Waals surface area contributed by atoms with E-state index in [1.807, 2.05) is 16.7 Å². The van der Waals surface area contributed by atoms with Crippen LogP contribution in [0.1, 0.15) is 36.3 Å². The number of benzene rings is 1. The topological polar surface area (TPSA) is 87.6 Å². The first kappa shape index (κ1) is 18.6. The van der Waals surface area contributed by atoms with E-state index in [1.165, 1.54) is 0 Å². The van der Waals surface area contributed by atoms with Crippen LogP contribution in [0, 0.1) is 11.3 Å². The highest BCUT2D eigenvalue weighted by atomic mass is 35.5. The predicted octanol–water partition coefficient (Wildman–Crippen LogP) is 3.76. The summed E-state index contributed by atoms with van der Waals surface area (Å²) in [6.07, 6.45) is 4.79. The molecule has 0 atom stereocenters. The van der Waals surface area contributed by atoms with Gasteiger partial charge in [0.1, 0.15) is 11.6 Å². The van der Waals surface area contributed by atoms with Crippen LogP contribution in [-0.2, 0) is 13.0 Å². The van der Waals surface area contributed by atoms with E-state index in [4.69, 9.17) is 28.3 Å². The van der Waals surface area contributed by atoms with E-state index in [2.05, 4.69) is 15.0 Å². The molecule has 0 aliphatic carbocycles. The molecule has 6 nitrogen and oxygen atoms in total. The van der Waals surface area contributed by atoms with Crippen LogP contribution >= 0.6 is 23.2 Å². The van der Waals surface area contributed by atoms with E-state index in [-0.39, 0.29) is 12.4 Å². The minimum atomic E-state index is 0.115. The number of halogens is 2. The van der Waals surface area contributed by atoms with Crippen LogP contribution in [0.25, 0.3) is 11.2 Å². The third-order valence-electron chi connectivity index (χ3n) is 4.05. The van der Waals surface area contributed by atoms with E-state index in [0.29, 0.717) is 33.3 Å². The second kappa shape index (κ2) is 8.45. The number of aromatic nitrogens is 4. The first-order chi connectivity index (χ1) is 12.6. The lowest BCUT2D eigenvalue weighted by atomic mass is 10.1. The van der Waals surface area contributed by atoms with Crippen molar-refractivity contribution in [3.05, 3.63) is 51.7 Å². The second-order valence-corrected chi connectivity index (χ2v) is 6.74. The standard InChI is InChI=1S/C18H17Cl2N5O/c19-13-5-4-12(8-14(13)20)9-15-17-18(24-16(10-21)23-15)25(11-22-17)6-2-1-3-7-26/h4-5,8,11,26H,1-3,6-7,9H2. The lowest BCUT2D eigenvalue weighted by Gasteiger charge is -2.06. The summed E-state index contributed by atoms with van der Waals surface area (Å²) in [5, 5.41) is 19.1. The van der Waals surface area contributed by atoms with Gasteiger partial charge in [-0.1, -0.05) is 29.3 Å². The molecule has 0 amide bonds. The normalized spacial score (nSPS) is 11.0. The molecule has 3 aromatic rings. The van der Waals surface area contributed by atoms with Crippen LogP contribution in [0.5, 0.6) is 0 Å². The highest BCUT2D eigenvalue weighted by Gasteiger charge is 2.14. The van der Waals surface area contributed by atoms with Gasteiger partial charge in [0.2, 0.25) is 5.82 Å². The fraction of sp³-hybridized carbons (Fsp3) is 0.333. The molecule has 2 aromatic heterocycles. The average Bonchev–Trinajstić information content (AvgIpc) is 3.05.